The monoisotopic (exact) mass is 275 g/mol. The van der Waals surface area contributed by atoms with Crippen LogP contribution in [0.25, 0.3) is 0 Å². The predicted molar refractivity (Wildman–Crippen MR) is 78.5 cm³/mol. The second-order valence-electron chi connectivity index (χ2n) is 4.52. The van der Waals surface area contributed by atoms with Crippen molar-refractivity contribution in [1.29, 1.82) is 0 Å². The van der Waals surface area contributed by atoms with E-state index < -0.39 is 0 Å². The van der Waals surface area contributed by atoms with Crippen molar-refractivity contribution in [3.8, 4) is 0 Å². The van der Waals surface area contributed by atoms with Crippen LogP contribution in [0.4, 0.5) is 11.6 Å². The maximum absolute atomic E-state index is 4.46. The number of hydrogen-bond donors (Lipinski definition) is 2. The molecule has 0 aliphatic heterocycles. The molecule has 2 aromatic rings. The second kappa shape index (κ2) is 6.83. The van der Waals surface area contributed by atoms with Crippen molar-refractivity contribution in [2.75, 3.05) is 17.2 Å². The van der Waals surface area contributed by atoms with Gasteiger partial charge in [0, 0.05) is 26.1 Å². The van der Waals surface area contributed by atoms with Crippen LogP contribution in [0.5, 0.6) is 0 Å². The summed E-state index contributed by atoms with van der Waals surface area (Å²) in [6.45, 7) is 5.62. The molecule has 0 saturated heterocycles. The zero-order valence-electron chi connectivity index (χ0n) is 12.2. The smallest absolute Gasteiger partial charge is 0.169 e. The molecule has 0 spiro atoms. The number of aromatic nitrogens is 5. The number of nitrogens with one attached hydrogen (secondary N) is 2. The summed E-state index contributed by atoms with van der Waals surface area (Å²) in [6.07, 6.45) is 3.55. The molecule has 0 atom stereocenters. The van der Waals surface area contributed by atoms with Crippen molar-refractivity contribution in [2.45, 2.75) is 33.2 Å². The molecule has 7 heteroatoms. The lowest BCUT2D eigenvalue weighted by atomic mass is 10.4. The first-order valence-corrected chi connectivity index (χ1v) is 6.91. The molecular weight excluding hydrogens is 254 g/mol. The van der Waals surface area contributed by atoms with Gasteiger partial charge in [0.2, 0.25) is 0 Å². The Labute approximate surface area is 118 Å². The Hall–Kier alpha value is -2.18. The van der Waals surface area contributed by atoms with E-state index in [9.17, 15) is 0 Å². The molecule has 0 bridgehead atoms. The summed E-state index contributed by atoms with van der Waals surface area (Å²) in [4.78, 5) is 13.1. The number of aryl methyl sites for hydroxylation is 2. The highest BCUT2D eigenvalue weighted by Crippen LogP contribution is 2.12. The van der Waals surface area contributed by atoms with Crippen molar-refractivity contribution < 1.29 is 0 Å². The van der Waals surface area contributed by atoms with Crippen molar-refractivity contribution in [1.82, 2.24) is 24.7 Å². The summed E-state index contributed by atoms with van der Waals surface area (Å²) in [6, 6.07) is 1.91. The first-order valence-electron chi connectivity index (χ1n) is 6.91. The topological polar surface area (TPSA) is 80.5 Å². The van der Waals surface area contributed by atoms with Crippen LogP contribution in [-0.2, 0) is 20.0 Å². The normalized spacial score (nSPS) is 10.6. The number of nitrogens with zero attached hydrogens (tertiary/aromatic N) is 5. The van der Waals surface area contributed by atoms with Crippen LogP contribution in [0.1, 0.15) is 31.9 Å². The van der Waals surface area contributed by atoms with Crippen LogP contribution in [0.15, 0.2) is 12.4 Å². The Morgan fingerprint density at radius 3 is 2.45 bits per heavy atom. The Morgan fingerprint density at radius 1 is 1.10 bits per heavy atom. The van der Waals surface area contributed by atoms with E-state index >= 15 is 0 Å². The highest BCUT2D eigenvalue weighted by atomic mass is 15.3. The molecule has 0 aliphatic rings. The fourth-order valence-electron chi connectivity index (χ4n) is 1.72. The van der Waals surface area contributed by atoms with Crippen molar-refractivity contribution in [3.05, 3.63) is 24.0 Å². The van der Waals surface area contributed by atoms with Crippen LogP contribution >= 0.6 is 0 Å². The van der Waals surface area contributed by atoms with Gasteiger partial charge in [-0.15, -0.1) is 0 Å². The molecule has 108 valence electrons. The van der Waals surface area contributed by atoms with E-state index in [1.54, 1.807) is 11.0 Å². The van der Waals surface area contributed by atoms with Crippen LogP contribution in [-0.4, -0.2) is 31.3 Å². The fourth-order valence-corrected chi connectivity index (χ4v) is 1.72. The third-order valence-electron chi connectivity index (χ3n) is 2.72. The average molecular weight is 275 g/mol. The molecular formula is C13H21N7. The van der Waals surface area contributed by atoms with E-state index in [2.05, 4.69) is 37.6 Å². The summed E-state index contributed by atoms with van der Waals surface area (Å²) >= 11 is 0. The molecule has 0 fully saturated rings. The van der Waals surface area contributed by atoms with Crippen LogP contribution in [0.2, 0.25) is 0 Å². The van der Waals surface area contributed by atoms with Gasteiger partial charge in [-0.2, -0.15) is 5.10 Å². The highest BCUT2D eigenvalue weighted by molar-refractivity contribution is 5.47. The van der Waals surface area contributed by atoms with Gasteiger partial charge in [0.25, 0.3) is 0 Å². The fraction of sp³-hybridized carbons (Fsp3) is 0.538. The quantitative estimate of drug-likeness (QED) is 0.799. The lowest BCUT2D eigenvalue weighted by molar-refractivity contribution is 0.746. The van der Waals surface area contributed by atoms with Crippen LogP contribution in [0.3, 0.4) is 0 Å². The van der Waals surface area contributed by atoms with Gasteiger partial charge in [0.05, 0.1) is 6.54 Å². The molecule has 0 saturated carbocycles. The zero-order valence-corrected chi connectivity index (χ0v) is 12.2. The molecule has 0 aliphatic carbocycles. The maximum Gasteiger partial charge on any atom is 0.169 e. The van der Waals surface area contributed by atoms with Gasteiger partial charge in [-0.1, -0.05) is 13.8 Å². The summed E-state index contributed by atoms with van der Waals surface area (Å²) in [7, 11) is 1.85. The minimum atomic E-state index is 0.550. The summed E-state index contributed by atoms with van der Waals surface area (Å²) in [5, 5.41) is 10.7. The van der Waals surface area contributed by atoms with Gasteiger partial charge in [-0.3, -0.25) is 4.68 Å². The summed E-state index contributed by atoms with van der Waals surface area (Å²) in [5.74, 6) is 3.22. The maximum atomic E-state index is 4.46. The molecule has 2 rings (SSSR count). The van der Waals surface area contributed by atoms with Crippen LogP contribution in [0, 0.1) is 0 Å². The van der Waals surface area contributed by atoms with Crippen molar-refractivity contribution in [2.24, 2.45) is 7.05 Å². The van der Waals surface area contributed by atoms with Crippen molar-refractivity contribution in [3.63, 3.8) is 0 Å². The molecule has 2 aromatic heterocycles. The van der Waals surface area contributed by atoms with Gasteiger partial charge in [0.15, 0.2) is 5.82 Å². The molecule has 2 N–H and O–H groups in total. The van der Waals surface area contributed by atoms with E-state index in [1.165, 1.54) is 0 Å². The lowest BCUT2D eigenvalue weighted by Gasteiger charge is -2.09. The number of rotatable bonds is 7. The molecule has 0 amide bonds. The zero-order chi connectivity index (χ0) is 14.4. The summed E-state index contributed by atoms with van der Waals surface area (Å²) < 4.78 is 1.68. The Bertz CT molecular complexity index is 549. The summed E-state index contributed by atoms with van der Waals surface area (Å²) in [5.41, 5.74) is 0. The van der Waals surface area contributed by atoms with E-state index in [4.69, 9.17) is 0 Å². The molecule has 0 unspecified atom stereocenters. The minimum Gasteiger partial charge on any atom is -0.370 e. The van der Waals surface area contributed by atoms with Crippen LogP contribution < -0.4 is 10.6 Å². The SMILES string of the molecule is CCCNc1cc(NCc2ncn(C)n2)nc(CC)n1. The first kappa shape index (κ1) is 14.2. The Morgan fingerprint density at radius 2 is 1.85 bits per heavy atom. The highest BCUT2D eigenvalue weighted by Gasteiger charge is 2.04. The number of hydrogen-bond acceptors (Lipinski definition) is 6. The Kier molecular flexibility index (Phi) is 4.86. The van der Waals surface area contributed by atoms with E-state index in [0.29, 0.717) is 6.54 Å². The third-order valence-corrected chi connectivity index (χ3v) is 2.72. The van der Waals surface area contributed by atoms with E-state index in [0.717, 1.165) is 42.7 Å². The predicted octanol–water partition coefficient (Wildman–Crippen LogP) is 1.60. The van der Waals surface area contributed by atoms with E-state index in [1.807, 2.05) is 20.0 Å². The molecule has 20 heavy (non-hydrogen) atoms. The molecule has 2 heterocycles. The Balaban J connectivity index is 2.05. The standard InChI is InChI=1S/C13H21N7/c1-4-6-14-11-7-12(18-10(5-2)17-11)15-8-13-16-9-20(3)19-13/h7,9H,4-6,8H2,1-3H3,(H2,14,15,17,18). The van der Waals surface area contributed by atoms with Gasteiger partial charge in [-0.25, -0.2) is 15.0 Å². The molecule has 7 nitrogen and oxygen atoms in total. The average Bonchev–Trinajstić information content (AvgIpc) is 2.88. The second-order valence-corrected chi connectivity index (χ2v) is 4.52. The lowest BCUT2D eigenvalue weighted by Crippen LogP contribution is -2.09. The van der Waals surface area contributed by atoms with Crippen molar-refractivity contribution >= 4 is 11.6 Å². The largest absolute Gasteiger partial charge is 0.370 e. The first-order chi connectivity index (χ1) is 9.71. The number of anilines is 2. The minimum absolute atomic E-state index is 0.550. The van der Waals surface area contributed by atoms with Gasteiger partial charge in [0.1, 0.15) is 23.8 Å². The van der Waals surface area contributed by atoms with E-state index in [-0.39, 0.29) is 0 Å². The third kappa shape index (κ3) is 3.91. The van der Waals surface area contributed by atoms with Gasteiger partial charge in [-0.05, 0) is 6.42 Å². The molecule has 0 aromatic carbocycles. The van der Waals surface area contributed by atoms with Gasteiger partial charge >= 0.3 is 0 Å². The van der Waals surface area contributed by atoms with Gasteiger partial charge < -0.3 is 10.6 Å². The molecule has 0 radical (unpaired) electrons.